The van der Waals surface area contributed by atoms with E-state index in [1.807, 2.05) is 30.3 Å². The lowest BCUT2D eigenvalue weighted by atomic mass is 10.2. The van der Waals surface area contributed by atoms with Crippen molar-refractivity contribution in [3.63, 3.8) is 0 Å². The highest BCUT2D eigenvalue weighted by molar-refractivity contribution is 7.17. The molecule has 1 amide bonds. The summed E-state index contributed by atoms with van der Waals surface area (Å²) in [6.07, 6.45) is 1.45. The van der Waals surface area contributed by atoms with E-state index in [-0.39, 0.29) is 18.3 Å². The van der Waals surface area contributed by atoms with Gasteiger partial charge in [-0.05, 0) is 62.5 Å². The number of benzene rings is 2. The zero-order valence-corrected chi connectivity index (χ0v) is 22.1. The van der Waals surface area contributed by atoms with Gasteiger partial charge in [0.15, 0.2) is 16.5 Å². The maximum Gasteiger partial charge on any atom is 0.352 e. The van der Waals surface area contributed by atoms with Crippen molar-refractivity contribution in [3.05, 3.63) is 77.6 Å². The molecule has 0 atom stereocenters. The molecule has 1 fully saturated rings. The summed E-state index contributed by atoms with van der Waals surface area (Å²) >= 11 is 1.24. The van der Waals surface area contributed by atoms with Crippen LogP contribution < -0.4 is 15.5 Å². The van der Waals surface area contributed by atoms with Crippen LogP contribution in [0.1, 0.15) is 27.2 Å². The number of ether oxygens (including phenoxy) is 1. The number of nitrogens with zero attached hydrogens (tertiary/aromatic N) is 3. The van der Waals surface area contributed by atoms with Crippen LogP contribution in [0.25, 0.3) is 10.6 Å². The molecule has 1 aliphatic heterocycles. The predicted octanol–water partition coefficient (Wildman–Crippen LogP) is 5.33. The minimum Gasteiger partial charge on any atom is -0.462 e. The van der Waals surface area contributed by atoms with Gasteiger partial charge in [0.1, 0.15) is 5.01 Å². The van der Waals surface area contributed by atoms with Crippen LogP contribution in [-0.4, -0.2) is 61.6 Å². The van der Waals surface area contributed by atoms with Gasteiger partial charge in [0, 0.05) is 48.8 Å². The van der Waals surface area contributed by atoms with Gasteiger partial charge in [0.2, 0.25) is 0 Å². The number of rotatable bonds is 8. The highest BCUT2D eigenvalue weighted by atomic mass is 32.1. The molecule has 4 aromatic rings. The lowest BCUT2D eigenvalue weighted by molar-refractivity contribution is 0.0533. The highest BCUT2D eigenvalue weighted by Crippen LogP contribution is 2.34. The molecule has 1 aliphatic rings. The normalized spacial score (nSPS) is 13.8. The third-order valence-electron chi connectivity index (χ3n) is 6.20. The van der Waals surface area contributed by atoms with E-state index < -0.39 is 5.97 Å². The number of carbonyl (C=O) groups is 2. The van der Waals surface area contributed by atoms with Crippen molar-refractivity contribution in [2.24, 2.45) is 0 Å². The van der Waals surface area contributed by atoms with Gasteiger partial charge >= 0.3 is 5.97 Å². The molecule has 0 aliphatic carbocycles. The number of hydrogen-bond donors (Lipinski definition) is 2. The smallest absolute Gasteiger partial charge is 0.352 e. The van der Waals surface area contributed by atoms with Crippen LogP contribution in [0.4, 0.5) is 22.9 Å². The highest BCUT2D eigenvalue weighted by Gasteiger charge is 2.21. The Hall–Kier alpha value is -4.15. The molecule has 3 heterocycles. The summed E-state index contributed by atoms with van der Waals surface area (Å²) in [5.74, 6) is -0.129. The van der Waals surface area contributed by atoms with Gasteiger partial charge in [-0.1, -0.05) is 12.1 Å². The van der Waals surface area contributed by atoms with E-state index in [9.17, 15) is 9.59 Å². The number of amides is 1. The first-order valence-electron chi connectivity index (χ1n) is 12.4. The third-order valence-corrected chi connectivity index (χ3v) is 7.28. The van der Waals surface area contributed by atoms with E-state index in [2.05, 4.69) is 39.6 Å². The molecular weight excluding hydrogens is 502 g/mol. The number of thiazole rings is 1. The summed E-state index contributed by atoms with van der Waals surface area (Å²) in [6.45, 7) is 6.10. The number of likely N-dealkylation sites (N-methyl/N-ethyl adjacent to an activating group) is 1. The van der Waals surface area contributed by atoms with E-state index in [0.717, 1.165) is 37.4 Å². The Morgan fingerprint density at radius 2 is 1.82 bits per heavy atom. The van der Waals surface area contributed by atoms with E-state index in [1.165, 1.54) is 23.3 Å². The number of hydrogen-bond acceptors (Lipinski definition) is 9. The molecule has 2 aromatic heterocycles. The third kappa shape index (κ3) is 5.87. The van der Waals surface area contributed by atoms with Gasteiger partial charge in [0.25, 0.3) is 5.91 Å². The number of nitrogens with one attached hydrogen (secondary N) is 2. The standard InChI is InChI=1S/C28H29N5O4S/c1-3-36-28(35)24-25(29-20-9-11-22(12-10-20)33-15-13-32(2)14-16-33)31-27(38-24)19-6-4-7-21(18-19)30-26(34)23-8-5-17-37-23/h4-12,17-18,29H,3,13-16H2,1-2H3,(H,30,34). The molecule has 0 radical (unpaired) electrons. The van der Waals surface area contributed by atoms with Gasteiger partial charge in [-0.2, -0.15) is 0 Å². The van der Waals surface area contributed by atoms with Gasteiger partial charge in [-0.15, -0.1) is 11.3 Å². The summed E-state index contributed by atoms with van der Waals surface area (Å²) in [7, 11) is 2.14. The lowest BCUT2D eigenvalue weighted by Gasteiger charge is -2.34. The molecule has 9 nitrogen and oxygen atoms in total. The van der Waals surface area contributed by atoms with Crippen LogP contribution in [0.15, 0.2) is 71.3 Å². The monoisotopic (exact) mass is 531 g/mol. The Morgan fingerprint density at radius 3 is 2.53 bits per heavy atom. The number of esters is 1. The van der Waals surface area contributed by atoms with E-state index in [4.69, 9.17) is 14.1 Å². The molecule has 1 saturated heterocycles. The van der Waals surface area contributed by atoms with Crippen molar-refractivity contribution < 1.29 is 18.7 Å². The number of anilines is 4. The molecule has 0 saturated carbocycles. The second kappa shape index (κ2) is 11.5. The zero-order chi connectivity index (χ0) is 26.5. The second-order valence-corrected chi connectivity index (χ2v) is 9.89. The Morgan fingerprint density at radius 1 is 1.03 bits per heavy atom. The van der Waals surface area contributed by atoms with Crippen LogP contribution in [-0.2, 0) is 4.74 Å². The minimum absolute atomic E-state index is 0.222. The molecule has 0 bridgehead atoms. The summed E-state index contributed by atoms with van der Waals surface area (Å²) in [4.78, 5) is 35.0. The Labute approximate surface area is 225 Å². The molecule has 10 heteroatoms. The molecule has 0 spiro atoms. The largest absolute Gasteiger partial charge is 0.462 e. The lowest BCUT2D eigenvalue weighted by Crippen LogP contribution is -2.44. The van der Waals surface area contributed by atoms with Gasteiger partial charge in [-0.3, -0.25) is 4.79 Å². The van der Waals surface area contributed by atoms with Gasteiger partial charge < -0.3 is 29.6 Å². The average molecular weight is 532 g/mol. The van der Waals surface area contributed by atoms with Crippen LogP contribution in [0.2, 0.25) is 0 Å². The number of piperazine rings is 1. The van der Waals surface area contributed by atoms with Gasteiger partial charge in [-0.25, -0.2) is 9.78 Å². The van der Waals surface area contributed by atoms with Gasteiger partial charge in [0.05, 0.1) is 12.9 Å². The first-order valence-corrected chi connectivity index (χ1v) is 13.3. The topological polar surface area (TPSA) is 99.9 Å². The quantitative estimate of drug-likeness (QED) is 0.295. The van der Waals surface area contributed by atoms with Crippen molar-refractivity contribution >= 4 is 46.1 Å². The van der Waals surface area contributed by atoms with Crippen LogP contribution >= 0.6 is 11.3 Å². The van der Waals surface area contributed by atoms with E-state index in [0.29, 0.717) is 21.4 Å². The fourth-order valence-corrected chi connectivity index (χ4v) is 5.06. The molecule has 0 unspecified atom stereocenters. The van der Waals surface area contributed by atoms with Crippen LogP contribution in [0.3, 0.4) is 0 Å². The number of carbonyl (C=O) groups excluding carboxylic acids is 2. The number of aromatic nitrogens is 1. The maximum absolute atomic E-state index is 12.8. The Balaban J connectivity index is 1.36. The van der Waals surface area contributed by atoms with E-state index in [1.54, 1.807) is 25.1 Å². The fourth-order valence-electron chi connectivity index (χ4n) is 4.15. The SMILES string of the molecule is CCOC(=O)c1sc(-c2cccc(NC(=O)c3ccco3)c2)nc1Nc1ccc(N2CCN(C)CC2)cc1. The van der Waals surface area contributed by atoms with Crippen molar-refractivity contribution in [2.45, 2.75) is 6.92 Å². The van der Waals surface area contributed by atoms with Crippen molar-refractivity contribution in [2.75, 3.05) is 55.4 Å². The fraction of sp³-hybridized carbons (Fsp3) is 0.250. The van der Waals surface area contributed by atoms with Crippen LogP contribution in [0.5, 0.6) is 0 Å². The minimum atomic E-state index is -0.435. The van der Waals surface area contributed by atoms with Crippen molar-refractivity contribution in [1.29, 1.82) is 0 Å². The summed E-state index contributed by atoms with van der Waals surface area (Å²) in [6, 6.07) is 18.7. The van der Waals surface area contributed by atoms with Crippen LogP contribution in [0, 0.1) is 0 Å². The predicted molar refractivity (Wildman–Crippen MR) is 150 cm³/mol. The summed E-state index contributed by atoms with van der Waals surface area (Å²) in [5, 5.41) is 6.74. The second-order valence-electron chi connectivity index (χ2n) is 8.89. The Bertz CT molecular complexity index is 1390. The molecule has 2 aromatic carbocycles. The molecule has 196 valence electrons. The molecule has 5 rings (SSSR count). The van der Waals surface area contributed by atoms with E-state index >= 15 is 0 Å². The van der Waals surface area contributed by atoms with Crippen molar-refractivity contribution in [1.82, 2.24) is 9.88 Å². The zero-order valence-electron chi connectivity index (χ0n) is 21.3. The average Bonchev–Trinajstić information content (AvgIpc) is 3.61. The Kier molecular flexibility index (Phi) is 7.71. The first-order chi connectivity index (χ1) is 18.5. The molecular formula is C28H29N5O4S. The first kappa shape index (κ1) is 25.5. The molecule has 38 heavy (non-hydrogen) atoms. The number of furan rings is 1. The maximum atomic E-state index is 12.8. The summed E-state index contributed by atoms with van der Waals surface area (Å²) in [5.41, 5.74) is 3.34. The molecule has 2 N–H and O–H groups in total. The van der Waals surface area contributed by atoms with Crippen molar-refractivity contribution in [3.8, 4) is 10.6 Å². The summed E-state index contributed by atoms with van der Waals surface area (Å²) < 4.78 is 10.5.